The number of carbonyl (C=O) groups is 1. The lowest BCUT2D eigenvalue weighted by Crippen LogP contribution is -2.51. The monoisotopic (exact) mass is 442 g/mol. The molecule has 182 valence electrons. The Bertz CT molecular complexity index is 708. The highest BCUT2D eigenvalue weighted by Crippen LogP contribution is 2.67. The summed E-state index contributed by atoms with van der Waals surface area (Å²) in [7, 11) is 0. The molecule has 0 aromatic carbocycles. The van der Waals surface area contributed by atoms with Crippen molar-refractivity contribution in [1.29, 1.82) is 0 Å². The number of carbonyl (C=O) groups excluding carboxylic acids is 1. The minimum atomic E-state index is -0.114. The van der Waals surface area contributed by atoms with Crippen LogP contribution in [0.3, 0.4) is 0 Å². The van der Waals surface area contributed by atoms with Gasteiger partial charge < -0.3 is 4.74 Å². The Labute approximate surface area is 198 Å². The molecule has 0 aliphatic heterocycles. The van der Waals surface area contributed by atoms with Gasteiger partial charge in [-0.2, -0.15) is 0 Å². The normalized spacial score (nSPS) is 42.0. The van der Waals surface area contributed by atoms with Crippen molar-refractivity contribution in [2.75, 3.05) is 0 Å². The predicted octanol–water partition coefficient (Wildman–Crippen LogP) is 8.35. The van der Waals surface area contributed by atoms with Crippen molar-refractivity contribution >= 4 is 5.97 Å². The number of esters is 1. The Morgan fingerprint density at radius 3 is 2.50 bits per heavy atom. The first-order chi connectivity index (χ1) is 15.1. The van der Waals surface area contributed by atoms with E-state index in [-0.39, 0.29) is 12.1 Å². The molecule has 0 aromatic heterocycles. The van der Waals surface area contributed by atoms with Gasteiger partial charge in [0.2, 0.25) is 0 Å². The number of hydrogen-bond donors (Lipinski definition) is 0. The van der Waals surface area contributed by atoms with Crippen molar-refractivity contribution in [2.24, 2.45) is 46.3 Å². The van der Waals surface area contributed by atoms with Gasteiger partial charge >= 0.3 is 5.97 Å². The summed E-state index contributed by atoms with van der Waals surface area (Å²) in [6, 6.07) is 0. The molecule has 3 fully saturated rings. The third kappa shape index (κ3) is 4.46. The topological polar surface area (TPSA) is 26.3 Å². The average Bonchev–Trinajstić information content (AvgIpc) is 3.08. The molecular weight excluding hydrogens is 392 g/mol. The molecule has 0 spiro atoms. The standard InChI is InChI=1S/C30H50O2/c1-20(2)9-7-8-10-21(3)26-13-14-27-25-12-11-23-19-24(32-22(4)31)15-17-29(23,5)28(25)16-18-30(26,27)6/h11,20-21,24-28H,7-10,12-19H2,1-6H3/t21?,24-,25-,26?,27?,28?,29-,30+/m0/s1. The second-order valence-electron chi connectivity index (χ2n) is 13.1. The van der Waals surface area contributed by atoms with E-state index < -0.39 is 0 Å². The Balaban J connectivity index is 1.43. The number of ether oxygens (including phenoxy) is 1. The largest absolute Gasteiger partial charge is 0.462 e. The molecule has 2 heteroatoms. The zero-order valence-electron chi connectivity index (χ0n) is 21.9. The van der Waals surface area contributed by atoms with Gasteiger partial charge in [-0.25, -0.2) is 0 Å². The maximum absolute atomic E-state index is 11.5. The van der Waals surface area contributed by atoms with Gasteiger partial charge in [0, 0.05) is 13.3 Å². The van der Waals surface area contributed by atoms with E-state index in [0.29, 0.717) is 10.8 Å². The van der Waals surface area contributed by atoms with E-state index in [4.69, 9.17) is 4.74 Å². The maximum atomic E-state index is 11.5. The third-order valence-electron chi connectivity index (χ3n) is 10.8. The van der Waals surface area contributed by atoms with Crippen molar-refractivity contribution in [1.82, 2.24) is 0 Å². The Morgan fingerprint density at radius 1 is 1.03 bits per heavy atom. The fourth-order valence-corrected chi connectivity index (χ4v) is 9.16. The van der Waals surface area contributed by atoms with Gasteiger partial charge in [-0.1, -0.05) is 72.0 Å². The second kappa shape index (κ2) is 9.46. The first kappa shape index (κ1) is 24.3. The third-order valence-corrected chi connectivity index (χ3v) is 10.8. The first-order valence-corrected chi connectivity index (χ1v) is 14.0. The molecule has 8 atom stereocenters. The molecule has 4 rings (SSSR count). The van der Waals surface area contributed by atoms with Gasteiger partial charge in [0.05, 0.1) is 0 Å². The molecule has 0 bridgehead atoms. The fraction of sp³-hybridized carbons (Fsp3) is 0.900. The molecule has 0 saturated heterocycles. The molecule has 0 amide bonds. The van der Waals surface area contributed by atoms with E-state index in [0.717, 1.165) is 48.3 Å². The summed E-state index contributed by atoms with van der Waals surface area (Å²) in [5.74, 6) is 5.21. The molecule has 0 aromatic rings. The molecule has 0 heterocycles. The number of unbranched alkanes of at least 4 members (excludes halogenated alkanes) is 1. The van der Waals surface area contributed by atoms with Crippen molar-refractivity contribution < 1.29 is 9.53 Å². The second-order valence-corrected chi connectivity index (χ2v) is 13.1. The van der Waals surface area contributed by atoms with E-state index in [1.807, 2.05) is 0 Å². The maximum Gasteiger partial charge on any atom is 0.302 e. The summed E-state index contributed by atoms with van der Waals surface area (Å²) in [5, 5.41) is 0. The van der Waals surface area contributed by atoms with Crippen LogP contribution in [0.5, 0.6) is 0 Å². The van der Waals surface area contributed by atoms with E-state index >= 15 is 0 Å². The Morgan fingerprint density at radius 2 is 1.78 bits per heavy atom. The van der Waals surface area contributed by atoms with E-state index in [1.54, 1.807) is 12.5 Å². The lowest BCUT2D eigenvalue weighted by molar-refractivity contribution is -0.148. The first-order valence-electron chi connectivity index (χ1n) is 14.0. The van der Waals surface area contributed by atoms with Gasteiger partial charge in [-0.3, -0.25) is 4.79 Å². The molecule has 4 aliphatic carbocycles. The van der Waals surface area contributed by atoms with Crippen molar-refractivity contribution in [3.05, 3.63) is 11.6 Å². The van der Waals surface area contributed by atoms with Crippen LogP contribution in [0.25, 0.3) is 0 Å². The zero-order chi connectivity index (χ0) is 23.1. The summed E-state index contributed by atoms with van der Waals surface area (Å²) >= 11 is 0. The number of fused-ring (bicyclic) bond motifs is 5. The molecule has 4 aliphatic rings. The smallest absolute Gasteiger partial charge is 0.302 e. The highest BCUT2D eigenvalue weighted by atomic mass is 16.5. The molecule has 32 heavy (non-hydrogen) atoms. The Kier molecular flexibility index (Phi) is 7.19. The highest BCUT2D eigenvalue weighted by molar-refractivity contribution is 5.66. The van der Waals surface area contributed by atoms with Crippen LogP contribution in [0.4, 0.5) is 0 Å². The SMILES string of the molecule is CC(=O)O[C@H]1CC[C@@]2(C)C(=CC[C@H]3C4CCC(C(C)CCCCC(C)C)[C@@]4(C)CCC32)C1. The van der Waals surface area contributed by atoms with E-state index in [2.05, 4.69) is 40.7 Å². The van der Waals surface area contributed by atoms with E-state index in [9.17, 15) is 4.79 Å². The summed E-state index contributed by atoms with van der Waals surface area (Å²) in [4.78, 5) is 11.5. The molecule has 0 radical (unpaired) electrons. The number of rotatable bonds is 7. The van der Waals surface area contributed by atoms with Gasteiger partial charge in [0.1, 0.15) is 6.10 Å². The molecular formula is C30H50O2. The molecule has 2 nitrogen and oxygen atoms in total. The van der Waals surface area contributed by atoms with Crippen molar-refractivity contribution in [3.63, 3.8) is 0 Å². The van der Waals surface area contributed by atoms with Crippen LogP contribution >= 0.6 is 0 Å². The highest BCUT2D eigenvalue weighted by Gasteiger charge is 2.59. The van der Waals surface area contributed by atoms with Crippen molar-refractivity contribution in [2.45, 2.75) is 125 Å². The predicted molar refractivity (Wildman–Crippen MR) is 133 cm³/mol. The summed E-state index contributed by atoms with van der Waals surface area (Å²) < 4.78 is 5.62. The lowest BCUT2D eigenvalue weighted by atomic mass is 9.47. The molecule has 3 saturated carbocycles. The quantitative estimate of drug-likeness (QED) is 0.225. The van der Waals surface area contributed by atoms with Crippen LogP contribution in [0, 0.1) is 46.3 Å². The number of hydrogen-bond acceptors (Lipinski definition) is 2. The van der Waals surface area contributed by atoms with Gasteiger partial charge in [0.15, 0.2) is 0 Å². The van der Waals surface area contributed by atoms with Crippen LogP contribution in [-0.4, -0.2) is 12.1 Å². The molecule has 0 N–H and O–H groups in total. The number of allylic oxidation sites excluding steroid dienone is 1. The zero-order valence-corrected chi connectivity index (χ0v) is 21.9. The summed E-state index contributed by atoms with van der Waals surface area (Å²) in [6.45, 7) is 14.1. The van der Waals surface area contributed by atoms with E-state index in [1.165, 1.54) is 64.2 Å². The minimum absolute atomic E-state index is 0.114. The van der Waals surface area contributed by atoms with Crippen LogP contribution < -0.4 is 0 Å². The average molecular weight is 443 g/mol. The van der Waals surface area contributed by atoms with Gasteiger partial charge in [0.25, 0.3) is 0 Å². The van der Waals surface area contributed by atoms with Gasteiger partial charge in [-0.15, -0.1) is 0 Å². The summed E-state index contributed by atoms with van der Waals surface area (Å²) in [6.07, 6.45) is 18.7. The van der Waals surface area contributed by atoms with Crippen molar-refractivity contribution in [3.8, 4) is 0 Å². The Hall–Kier alpha value is -0.790. The van der Waals surface area contributed by atoms with Crippen LogP contribution in [0.15, 0.2) is 11.6 Å². The fourth-order valence-electron chi connectivity index (χ4n) is 9.16. The minimum Gasteiger partial charge on any atom is -0.462 e. The van der Waals surface area contributed by atoms with Crippen LogP contribution in [0.1, 0.15) is 119 Å². The van der Waals surface area contributed by atoms with Gasteiger partial charge in [-0.05, 0) is 91.3 Å². The lowest BCUT2D eigenvalue weighted by Gasteiger charge is -2.58. The summed E-state index contributed by atoms with van der Waals surface area (Å²) in [5.41, 5.74) is 2.53. The van der Waals surface area contributed by atoms with Crippen LogP contribution in [0.2, 0.25) is 0 Å². The van der Waals surface area contributed by atoms with Crippen LogP contribution in [-0.2, 0) is 9.53 Å². The molecule has 4 unspecified atom stereocenters.